The van der Waals surface area contributed by atoms with E-state index in [9.17, 15) is 4.79 Å². The summed E-state index contributed by atoms with van der Waals surface area (Å²) in [5, 5.41) is 7.99. The van der Waals surface area contributed by atoms with Crippen molar-refractivity contribution in [3.63, 3.8) is 0 Å². The summed E-state index contributed by atoms with van der Waals surface area (Å²) >= 11 is 0. The molecule has 0 unspecified atom stereocenters. The van der Waals surface area contributed by atoms with Crippen molar-refractivity contribution in [1.82, 2.24) is 4.98 Å². The fraction of sp³-hybridized carbons (Fsp3) is 0.0833. The molecule has 2 N–H and O–H groups in total. The zero-order valence-electron chi connectivity index (χ0n) is 15.4. The molecule has 1 aromatic heterocycles. The molecule has 0 aliphatic heterocycles. The van der Waals surface area contributed by atoms with Crippen LogP contribution in [0.2, 0.25) is 0 Å². The third-order valence-corrected chi connectivity index (χ3v) is 4.62. The Morgan fingerprint density at radius 3 is 2.50 bits per heavy atom. The van der Waals surface area contributed by atoms with Gasteiger partial charge >= 0.3 is 6.03 Å². The normalized spacial score (nSPS) is 10.6. The van der Waals surface area contributed by atoms with Gasteiger partial charge in [0.25, 0.3) is 0 Å². The van der Waals surface area contributed by atoms with E-state index in [-0.39, 0.29) is 6.03 Å². The Kier molecular flexibility index (Phi) is 5.29. The third kappa shape index (κ3) is 4.35. The van der Waals surface area contributed by atoms with Crippen LogP contribution < -0.4 is 10.6 Å². The maximum atomic E-state index is 12.5. The standard InChI is InChI=1S/C24H21N3O/c28-24(27-23-13-6-9-19-8-1-2-12-22(19)23)26-21-11-5-7-18(17-21)14-15-20-10-3-4-16-25-20/h1-13,16-17H,14-15H2,(H2,26,27,28). The van der Waals surface area contributed by atoms with Crippen LogP contribution in [0.3, 0.4) is 0 Å². The molecule has 0 atom stereocenters. The molecule has 0 aliphatic rings. The summed E-state index contributed by atoms with van der Waals surface area (Å²) in [6.07, 6.45) is 3.55. The Labute approximate surface area is 164 Å². The van der Waals surface area contributed by atoms with Crippen molar-refractivity contribution in [2.75, 3.05) is 10.6 Å². The smallest absolute Gasteiger partial charge is 0.308 e. The molecule has 0 bridgehead atoms. The number of carbonyl (C=O) groups is 1. The minimum atomic E-state index is -0.252. The number of hydrogen-bond acceptors (Lipinski definition) is 2. The molecule has 0 saturated heterocycles. The average Bonchev–Trinajstić information content (AvgIpc) is 2.73. The lowest BCUT2D eigenvalue weighted by molar-refractivity contribution is 0.262. The van der Waals surface area contributed by atoms with Gasteiger partial charge in [-0.2, -0.15) is 0 Å². The summed E-state index contributed by atoms with van der Waals surface area (Å²) in [7, 11) is 0. The van der Waals surface area contributed by atoms with E-state index in [4.69, 9.17) is 0 Å². The van der Waals surface area contributed by atoms with Crippen molar-refractivity contribution in [3.8, 4) is 0 Å². The van der Waals surface area contributed by atoms with E-state index in [2.05, 4.69) is 21.7 Å². The number of aromatic nitrogens is 1. The summed E-state index contributed by atoms with van der Waals surface area (Å²) in [6, 6.07) is 27.5. The summed E-state index contributed by atoms with van der Waals surface area (Å²) in [6.45, 7) is 0. The molecule has 2 amide bonds. The minimum Gasteiger partial charge on any atom is -0.308 e. The largest absolute Gasteiger partial charge is 0.323 e. The van der Waals surface area contributed by atoms with Crippen molar-refractivity contribution >= 4 is 28.2 Å². The highest BCUT2D eigenvalue weighted by Gasteiger charge is 2.06. The van der Waals surface area contributed by atoms with Gasteiger partial charge in [0, 0.05) is 23.0 Å². The molecular formula is C24H21N3O. The molecule has 28 heavy (non-hydrogen) atoms. The van der Waals surface area contributed by atoms with Gasteiger partial charge in [-0.25, -0.2) is 4.79 Å². The highest BCUT2D eigenvalue weighted by Crippen LogP contribution is 2.23. The molecule has 1 heterocycles. The summed E-state index contributed by atoms with van der Waals surface area (Å²) < 4.78 is 0. The van der Waals surface area contributed by atoms with Gasteiger partial charge in [0.2, 0.25) is 0 Å². The number of pyridine rings is 1. The first-order valence-corrected chi connectivity index (χ1v) is 9.32. The quantitative estimate of drug-likeness (QED) is 0.478. The van der Waals surface area contributed by atoms with E-state index in [1.54, 1.807) is 0 Å². The van der Waals surface area contributed by atoms with Gasteiger partial charge in [-0.3, -0.25) is 4.98 Å². The number of urea groups is 1. The van der Waals surface area contributed by atoms with E-state index < -0.39 is 0 Å². The molecule has 0 radical (unpaired) electrons. The molecule has 4 rings (SSSR count). The van der Waals surface area contributed by atoms with Gasteiger partial charge in [0.05, 0.1) is 5.69 Å². The number of rotatable bonds is 5. The fourth-order valence-electron chi connectivity index (χ4n) is 3.24. The lowest BCUT2D eigenvalue weighted by Crippen LogP contribution is -2.19. The Balaban J connectivity index is 1.41. The highest BCUT2D eigenvalue weighted by atomic mass is 16.2. The first-order chi connectivity index (χ1) is 13.8. The number of benzene rings is 3. The van der Waals surface area contributed by atoms with Crippen molar-refractivity contribution in [2.45, 2.75) is 12.8 Å². The van der Waals surface area contributed by atoms with Gasteiger partial charge in [-0.1, -0.05) is 54.6 Å². The van der Waals surface area contributed by atoms with Crippen LogP contribution in [0.5, 0.6) is 0 Å². The first-order valence-electron chi connectivity index (χ1n) is 9.32. The second-order valence-corrected chi connectivity index (χ2v) is 6.63. The van der Waals surface area contributed by atoms with E-state index >= 15 is 0 Å². The van der Waals surface area contributed by atoms with Crippen LogP contribution in [0, 0.1) is 0 Å². The Morgan fingerprint density at radius 1 is 0.786 bits per heavy atom. The molecule has 4 nitrogen and oxygen atoms in total. The van der Waals surface area contributed by atoms with Crippen LogP contribution in [-0.4, -0.2) is 11.0 Å². The lowest BCUT2D eigenvalue weighted by Gasteiger charge is -2.11. The Morgan fingerprint density at radius 2 is 1.61 bits per heavy atom. The van der Waals surface area contributed by atoms with Crippen molar-refractivity contribution < 1.29 is 4.79 Å². The zero-order valence-corrected chi connectivity index (χ0v) is 15.4. The molecule has 0 saturated carbocycles. The van der Waals surface area contributed by atoms with Crippen molar-refractivity contribution in [3.05, 3.63) is 102 Å². The topological polar surface area (TPSA) is 54.0 Å². The molecule has 3 aromatic carbocycles. The number of anilines is 2. The van der Waals surface area contributed by atoms with E-state index in [1.165, 1.54) is 0 Å². The zero-order chi connectivity index (χ0) is 19.2. The van der Waals surface area contributed by atoms with Crippen LogP contribution in [-0.2, 0) is 12.8 Å². The monoisotopic (exact) mass is 367 g/mol. The van der Waals surface area contributed by atoms with Gasteiger partial charge in [-0.15, -0.1) is 0 Å². The van der Waals surface area contributed by atoms with Crippen LogP contribution in [0.25, 0.3) is 10.8 Å². The summed E-state index contributed by atoms with van der Waals surface area (Å²) in [5.74, 6) is 0. The van der Waals surface area contributed by atoms with Crippen LogP contribution in [0.4, 0.5) is 16.2 Å². The summed E-state index contributed by atoms with van der Waals surface area (Å²) in [4.78, 5) is 16.8. The first kappa shape index (κ1) is 17.7. The molecule has 4 aromatic rings. The van der Waals surface area contributed by atoms with Crippen molar-refractivity contribution in [2.24, 2.45) is 0 Å². The van der Waals surface area contributed by atoms with E-state index in [0.717, 1.165) is 46.2 Å². The average molecular weight is 367 g/mol. The predicted molar refractivity (Wildman–Crippen MR) is 115 cm³/mol. The van der Waals surface area contributed by atoms with Crippen molar-refractivity contribution in [1.29, 1.82) is 0 Å². The molecule has 0 aliphatic carbocycles. The predicted octanol–water partition coefficient (Wildman–Crippen LogP) is 5.66. The third-order valence-electron chi connectivity index (χ3n) is 4.62. The number of carbonyl (C=O) groups excluding carboxylic acids is 1. The Hall–Kier alpha value is -3.66. The number of nitrogens with zero attached hydrogens (tertiary/aromatic N) is 1. The van der Waals surface area contributed by atoms with Gasteiger partial charge in [-0.05, 0) is 54.1 Å². The summed E-state index contributed by atoms with van der Waals surface area (Å²) in [5.41, 5.74) is 3.79. The van der Waals surface area contributed by atoms with Crippen LogP contribution in [0.1, 0.15) is 11.3 Å². The molecule has 138 valence electrons. The second-order valence-electron chi connectivity index (χ2n) is 6.63. The molecule has 0 fully saturated rings. The molecule has 4 heteroatoms. The van der Waals surface area contributed by atoms with Crippen LogP contribution >= 0.6 is 0 Å². The van der Waals surface area contributed by atoms with Gasteiger partial charge in [0.1, 0.15) is 0 Å². The Bertz CT molecular complexity index is 1090. The molecular weight excluding hydrogens is 346 g/mol. The lowest BCUT2D eigenvalue weighted by atomic mass is 10.1. The molecule has 0 spiro atoms. The SMILES string of the molecule is O=C(Nc1cccc(CCc2ccccn2)c1)Nc1cccc2ccccc12. The van der Waals surface area contributed by atoms with Gasteiger partial charge in [0.15, 0.2) is 0 Å². The number of aryl methyl sites for hydroxylation is 2. The number of amides is 2. The fourth-order valence-corrected chi connectivity index (χ4v) is 3.24. The second kappa shape index (κ2) is 8.35. The maximum Gasteiger partial charge on any atom is 0.323 e. The van der Waals surface area contributed by atoms with E-state index in [1.807, 2.05) is 85.1 Å². The maximum absolute atomic E-state index is 12.5. The van der Waals surface area contributed by atoms with Gasteiger partial charge < -0.3 is 10.6 Å². The number of hydrogen-bond donors (Lipinski definition) is 2. The van der Waals surface area contributed by atoms with E-state index in [0.29, 0.717) is 0 Å². The highest BCUT2D eigenvalue weighted by molar-refractivity contribution is 6.06. The minimum absolute atomic E-state index is 0.252. The van der Waals surface area contributed by atoms with Crippen LogP contribution in [0.15, 0.2) is 91.1 Å². The number of fused-ring (bicyclic) bond motifs is 1. The number of nitrogens with one attached hydrogen (secondary N) is 2.